The number of benzene rings is 1. The zero-order chi connectivity index (χ0) is 33.5. The predicted octanol–water partition coefficient (Wildman–Crippen LogP) is -4.79. The van der Waals surface area contributed by atoms with Gasteiger partial charge in [0.1, 0.15) is 19.6 Å². The number of carbonyl (C=O) groups is 3. The Labute approximate surface area is 336 Å². The summed E-state index contributed by atoms with van der Waals surface area (Å²) in [6, 6.07) is 0. The summed E-state index contributed by atoms with van der Waals surface area (Å²) in [4.78, 5) is 34.1. The molecule has 0 atom stereocenters. The Morgan fingerprint density at radius 1 is 0.521 bits per heavy atom. The minimum Gasteiger partial charge on any atom is -1.00 e. The summed E-state index contributed by atoms with van der Waals surface area (Å²) in [5.41, 5.74) is 5.10. The molecule has 264 valence electrons. The lowest BCUT2D eigenvalue weighted by Gasteiger charge is -2.20. The lowest BCUT2D eigenvalue weighted by atomic mass is 9.87. The molecule has 21 heteroatoms. The largest absolute Gasteiger partial charge is 1.00 e. The van der Waals surface area contributed by atoms with Crippen LogP contribution in [0.5, 0.6) is 0 Å². The Balaban J connectivity index is 0.00000384. The van der Waals surface area contributed by atoms with Crippen LogP contribution in [-0.4, -0.2) is 46.9 Å². The molecule has 0 aliphatic carbocycles. The molecule has 0 aliphatic heterocycles. The first kappa shape index (κ1) is 44.5. The Morgan fingerprint density at radius 3 is 0.917 bits per heavy atom. The molecule has 0 fully saturated rings. The van der Waals surface area contributed by atoms with Crippen molar-refractivity contribution in [1.82, 2.24) is 13.7 Å². The van der Waals surface area contributed by atoms with Gasteiger partial charge < -0.3 is 66.3 Å². The first-order valence-electron chi connectivity index (χ1n) is 13.1. The van der Waals surface area contributed by atoms with Crippen molar-refractivity contribution < 1.29 is 94.3 Å². The molecule has 0 amide bonds. The number of hydrogen-bond donors (Lipinski definition) is 3. The average molecular weight is 984 g/mol. The molecule has 0 saturated carbocycles. The van der Waals surface area contributed by atoms with Crippen LogP contribution in [0.2, 0.25) is 30.9 Å². The lowest BCUT2D eigenvalue weighted by Crippen LogP contribution is -3.00. The Kier molecular flexibility index (Phi) is 16.8. The van der Waals surface area contributed by atoms with Crippen LogP contribution in [0.15, 0.2) is 19.0 Å². The maximum atomic E-state index is 11.4. The molecule has 48 heavy (non-hydrogen) atoms. The van der Waals surface area contributed by atoms with E-state index >= 15 is 0 Å². The Morgan fingerprint density at radius 2 is 0.729 bits per heavy atom. The number of hydrogen-bond acceptors (Lipinski definition) is 3. The number of halogens is 9. The normalized spacial score (nSPS) is 10.7. The van der Waals surface area contributed by atoms with Crippen LogP contribution in [0.3, 0.4) is 0 Å². The van der Waals surface area contributed by atoms with E-state index in [4.69, 9.17) is 69.6 Å². The van der Waals surface area contributed by atoms with E-state index in [0.29, 0.717) is 0 Å². The third kappa shape index (κ3) is 9.40. The van der Waals surface area contributed by atoms with E-state index in [1.165, 1.54) is 32.7 Å². The van der Waals surface area contributed by atoms with Crippen molar-refractivity contribution >= 4 is 87.5 Å². The Hall–Kier alpha value is -1.56. The first-order chi connectivity index (χ1) is 21.0. The standard InChI is InChI=1S/C27H24Cl6N6O6.3BrH/c1-13-16(4-34-10-37(7-19(40)41)25(31)22(34)28)14(2)18(6-36-12-39(9-21(44)45)27(33)24(36)30)15(3)17(13)5-35-11-38(8-20(42)43)26(32)23(35)29;;;/h10-12H,4-9H2,1-3H3;3*1H. The van der Waals surface area contributed by atoms with Crippen LogP contribution in [0.25, 0.3) is 0 Å². The summed E-state index contributed by atoms with van der Waals surface area (Å²) in [6.07, 6.45) is 4.56. The van der Waals surface area contributed by atoms with Crippen molar-refractivity contribution in [3.8, 4) is 0 Å². The summed E-state index contributed by atoms with van der Waals surface area (Å²) in [7, 11) is 0. The van der Waals surface area contributed by atoms with Crippen molar-refractivity contribution in [2.24, 2.45) is 0 Å². The number of aliphatic carboxylic acids is 3. The molecule has 3 aromatic heterocycles. The molecule has 3 N–H and O–H groups in total. The second kappa shape index (κ2) is 18.1. The van der Waals surface area contributed by atoms with Gasteiger partial charge in [-0.2, -0.15) is 0 Å². The van der Waals surface area contributed by atoms with Crippen LogP contribution in [0.1, 0.15) is 33.4 Å². The maximum Gasteiger partial charge on any atom is 0.346 e. The summed E-state index contributed by atoms with van der Waals surface area (Å²) in [5, 5.41) is 28.5. The first-order valence-corrected chi connectivity index (χ1v) is 15.3. The average Bonchev–Trinajstić information content (AvgIpc) is 3.47. The molecule has 0 radical (unpaired) electrons. The minimum atomic E-state index is -1.09. The quantitative estimate of drug-likeness (QED) is 0.122. The zero-order valence-electron chi connectivity index (χ0n) is 25.1. The fraction of sp³-hybridized carbons (Fsp3) is 0.333. The molecule has 0 aliphatic rings. The van der Waals surface area contributed by atoms with Crippen molar-refractivity contribution in [1.29, 1.82) is 0 Å². The van der Waals surface area contributed by atoms with E-state index in [2.05, 4.69) is 0 Å². The van der Waals surface area contributed by atoms with Gasteiger partial charge in [-0.25, -0.2) is 41.8 Å². The molecule has 4 aromatic rings. The topological polar surface area (TPSA) is 138 Å². The second-order valence-corrected chi connectivity index (χ2v) is 12.5. The van der Waals surface area contributed by atoms with Crippen molar-refractivity contribution in [2.45, 2.75) is 60.0 Å². The van der Waals surface area contributed by atoms with Gasteiger partial charge in [-0.1, -0.05) is 0 Å². The summed E-state index contributed by atoms with van der Waals surface area (Å²) in [6.45, 7) is 5.22. The number of carboxylic acid groups (broad SMARTS) is 3. The van der Waals surface area contributed by atoms with Gasteiger partial charge >= 0.3 is 17.9 Å². The molecule has 12 nitrogen and oxygen atoms in total. The highest BCUT2D eigenvalue weighted by atomic mass is 79.9. The van der Waals surface area contributed by atoms with Crippen molar-refractivity contribution in [3.63, 3.8) is 0 Å². The molecule has 4 rings (SSSR count). The van der Waals surface area contributed by atoms with Crippen LogP contribution < -0.4 is 64.6 Å². The van der Waals surface area contributed by atoms with E-state index < -0.39 is 17.9 Å². The predicted molar refractivity (Wildman–Crippen MR) is 165 cm³/mol. The van der Waals surface area contributed by atoms with Crippen LogP contribution >= 0.6 is 69.6 Å². The number of rotatable bonds is 12. The molecule has 3 heterocycles. The van der Waals surface area contributed by atoms with Gasteiger partial charge in [0.2, 0.25) is 19.0 Å². The Bertz CT molecular complexity index is 1650. The third-order valence-electron chi connectivity index (χ3n) is 7.48. The molecule has 1 aromatic carbocycles. The number of aromatic nitrogens is 6. The van der Waals surface area contributed by atoms with Crippen LogP contribution in [0.4, 0.5) is 0 Å². The van der Waals surface area contributed by atoms with Gasteiger partial charge in [0, 0.05) is 16.7 Å². The number of carboxylic acids is 3. The molecular formula is C27H27Br3Cl6N6O6. The molecule has 0 spiro atoms. The molecular weight excluding hydrogens is 957 g/mol. The third-order valence-corrected chi connectivity index (χ3v) is 10.1. The van der Waals surface area contributed by atoms with E-state index in [-0.39, 0.29) is 121 Å². The monoisotopic (exact) mass is 978 g/mol. The SMILES string of the molecule is Cc1c(C[n+]2cn(CC(=O)O)c(Cl)c2Cl)c(C)c(C[n+]2cn(CC(=O)O)c(Cl)c2Cl)c(C)c1C[n+]1cn(CC(=O)O)c(Cl)c1Cl.[Br-].[Br-].[Br-]. The van der Waals surface area contributed by atoms with Gasteiger partial charge in [-0.05, 0) is 107 Å². The minimum absolute atomic E-state index is 0. The van der Waals surface area contributed by atoms with E-state index in [1.54, 1.807) is 13.7 Å². The second-order valence-electron chi connectivity index (χ2n) is 10.4. The van der Waals surface area contributed by atoms with Gasteiger partial charge in [0.25, 0.3) is 30.9 Å². The number of imidazole rings is 3. The fourth-order valence-electron chi connectivity index (χ4n) is 5.23. The van der Waals surface area contributed by atoms with Gasteiger partial charge in [-0.3, -0.25) is 0 Å². The van der Waals surface area contributed by atoms with Gasteiger partial charge in [0.15, 0.2) is 19.6 Å². The number of nitrogens with zero attached hydrogens (tertiary/aromatic N) is 6. The fourth-order valence-corrected chi connectivity index (χ4v) is 6.50. The molecule has 0 unspecified atom stereocenters. The lowest BCUT2D eigenvalue weighted by molar-refractivity contribution is -0.687. The smallest absolute Gasteiger partial charge is 0.346 e. The van der Waals surface area contributed by atoms with E-state index in [0.717, 1.165) is 33.4 Å². The highest BCUT2D eigenvalue weighted by Crippen LogP contribution is 2.30. The van der Waals surface area contributed by atoms with E-state index in [1.807, 2.05) is 20.8 Å². The highest BCUT2D eigenvalue weighted by molar-refractivity contribution is 6.40. The zero-order valence-corrected chi connectivity index (χ0v) is 34.4. The summed E-state index contributed by atoms with van der Waals surface area (Å²) in [5.74, 6) is -3.27. The van der Waals surface area contributed by atoms with E-state index in [9.17, 15) is 29.7 Å². The van der Waals surface area contributed by atoms with Gasteiger partial charge in [0.05, 0.1) is 0 Å². The highest BCUT2D eigenvalue weighted by Gasteiger charge is 2.29. The van der Waals surface area contributed by atoms with Crippen LogP contribution in [-0.2, 0) is 53.7 Å². The van der Waals surface area contributed by atoms with Crippen molar-refractivity contribution in [3.05, 3.63) is 83.3 Å². The molecule has 0 saturated heterocycles. The van der Waals surface area contributed by atoms with Crippen LogP contribution in [0, 0.1) is 20.8 Å². The van der Waals surface area contributed by atoms with Gasteiger partial charge in [-0.15, -0.1) is 0 Å². The maximum absolute atomic E-state index is 11.4. The summed E-state index contributed by atoms with van der Waals surface area (Å²) < 4.78 is 8.85. The molecule has 0 bridgehead atoms. The summed E-state index contributed by atoms with van der Waals surface area (Å²) >= 11 is 38.6. The van der Waals surface area contributed by atoms with Crippen molar-refractivity contribution in [2.75, 3.05) is 0 Å².